The molecular formula is C15H24N4O2. The van der Waals surface area contributed by atoms with E-state index in [-0.39, 0.29) is 11.8 Å². The SMILES string of the molecule is CCN(NC(=O)[C@@H](NC(N)=O)C(C)C)c1ccc(C)cc1. The number of carbonyl (C=O) groups is 2. The van der Waals surface area contributed by atoms with E-state index in [0.29, 0.717) is 6.54 Å². The van der Waals surface area contributed by atoms with Gasteiger partial charge >= 0.3 is 6.03 Å². The lowest BCUT2D eigenvalue weighted by Gasteiger charge is -2.28. The summed E-state index contributed by atoms with van der Waals surface area (Å²) in [6.07, 6.45) is 0. The van der Waals surface area contributed by atoms with Crippen molar-refractivity contribution in [3.63, 3.8) is 0 Å². The fourth-order valence-electron chi connectivity index (χ4n) is 1.94. The number of rotatable bonds is 6. The predicted octanol–water partition coefficient (Wildman–Crippen LogP) is 1.55. The van der Waals surface area contributed by atoms with Gasteiger partial charge in [0, 0.05) is 6.54 Å². The van der Waals surface area contributed by atoms with Crippen molar-refractivity contribution in [1.29, 1.82) is 0 Å². The summed E-state index contributed by atoms with van der Waals surface area (Å²) >= 11 is 0. The van der Waals surface area contributed by atoms with Crippen molar-refractivity contribution in [3.8, 4) is 0 Å². The summed E-state index contributed by atoms with van der Waals surface area (Å²) in [5.74, 6) is -0.347. The fourth-order valence-corrected chi connectivity index (χ4v) is 1.94. The maximum Gasteiger partial charge on any atom is 0.312 e. The number of hydrogen-bond acceptors (Lipinski definition) is 3. The van der Waals surface area contributed by atoms with Gasteiger partial charge in [0.1, 0.15) is 6.04 Å². The molecule has 0 aliphatic rings. The molecule has 0 saturated carbocycles. The number of benzene rings is 1. The third kappa shape index (κ3) is 4.98. The van der Waals surface area contributed by atoms with Crippen LogP contribution in [0.1, 0.15) is 26.3 Å². The van der Waals surface area contributed by atoms with Crippen LogP contribution in [-0.2, 0) is 4.79 Å². The molecule has 6 heteroatoms. The van der Waals surface area contributed by atoms with E-state index in [1.165, 1.54) is 0 Å². The van der Waals surface area contributed by atoms with Crippen molar-refractivity contribution in [2.75, 3.05) is 11.6 Å². The summed E-state index contributed by atoms with van der Waals surface area (Å²) in [7, 11) is 0. The Morgan fingerprint density at radius 1 is 1.24 bits per heavy atom. The lowest BCUT2D eigenvalue weighted by Crippen LogP contribution is -2.55. The van der Waals surface area contributed by atoms with Gasteiger partial charge in [0.05, 0.1) is 5.69 Å². The van der Waals surface area contributed by atoms with E-state index in [2.05, 4.69) is 10.7 Å². The number of nitrogens with zero attached hydrogens (tertiary/aromatic N) is 1. The maximum atomic E-state index is 12.3. The van der Waals surface area contributed by atoms with Crippen molar-refractivity contribution >= 4 is 17.6 Å². The van der Waals surface area contributed by atoms with Gasteiger partial charge in [-0.05, 0) is 31.9 Å². The zero-order chi connectivity index (χ0) is 16.0. The number of urea groups is 1. The molecule has 0 aliphatic carbocycles. The summed E-state index contributed by atoms with van der Waals surface area (Å²) in [6, 6.07) is 6.46. The van der Waals surface area contributed by atoms with Gasteiger partial charge in [0.25, 0.3) is 5.91 Å². The highest BCUT2D eigenvalue weighted by Crippen LogP contribution is 2.13. The van der Waals surface area contributed by atoms with Crippen molar-refractivity contribution in [2.45, 2.75) is 33.7 Å². The molecule has 0 heterocycles. The van der Waals surface area contributed by atoms with Crippen molar-refractivity contribution in [2.24, 2.45) is 11.7 Å². The first-order valence-corrected chi connectivity index (χ1v) is 7.05. The highest BCUT2D eigenvalue weighted by Gasteiger charge is 2.24. The second-order valence-corrected chi connectivity index (χ2v) is 5.29. The number of carbonyl (C=O) groups excluding carboxylic acids is 2. The molecule has 1 rings (SSSR count). The molecular weight excluding hydrogens is 268 g/mol. The molecule has 21 heavy (non-hydrogen) atoms. The van der Waals surface area contributed by atoms with Crippen LogP contribution in [0.25, 0.3) is 0 Å². The third-order valence-corrected chi connectivity index (χ3v) is 3.15. The minimum Gasteiger partial charge on any atom is -0.352 e. The van der Waals surface area contributed by atoms with E-state index in [1.54, 1.807) is 5.01 Å². The van der Waals surface area contributed by atoms with Crippen LogP contribution >= 0.6 is 0 Å². The smallest absolute Gasteiger partial charge is 0.312 e. The zero-order valence-corrected chi connectivity index (χ0v) is 13.0. The number of nitrogens with one attached hydrogen (secondary N) is 2. The van der Waals surface area contributed by atoms with Crippen molar-refractivity contribution in [1.82, 2.24) is 10.7 Å². The van der Waals surface area contributed by atoms with E-state index < -0.39 is 12.1 Å². The number of hydrogen-bond donors (Lipinski definition) is 3. The molecule has 0 spiro atoms. The molecule has 0 saturated heterocycles. The Labute approximate surface area is 125 Å². The lowest BCUT2D eigenvalue weighted by atomic mass is 10.0. The third-order valence-electron chi connectivity index (χ3n) is 3.15. The number of aryl methyl sites for hydroxylation is 1. The van der Waals surface area contributed by atoms with E-state index in [0.717, 1.165) is 11.3 Å². The average molecular weight is 292 g/mol. The van der Waals surface area contributed by atoms with Crippen LogP contribution in [-0.4, -0.2) is 24.5 Å². The van der Waals surface area contributed by atoms with Gasteiger partial charge in [-0.15, -0.1) is 0 Å². The first-order valence-electron chi connectivity index (χ1n) is 7.05. The van der Waals surface area contributed by atoms with Crippen LogP contribution in [0.4, 0.5) is 10.5 Å². The van der Waals surface area contributed by atoms with Gasteiger partial charge < -0.3 is 11.1 Å². The minimum atomic E-state index is -0.706. The van der Waals surface area contributed by atoms with Gasteiger partial charge in [0.15, 0.2) is 0 Å². The standard InChI is InChI=1S/C15H24N4O2/c1-5-19(12-8-6-11(4)7-9-12)18-14(20)13(10(2)3)17-15(16)21/h6-10,13H,5H2,1-4H3,(H,18,20)(H3,16,17,21)/t13-/m0/s1. The molecule has 116 valence electrons. The lowest BCUT2D eigenvalue weighted by molar-refractivity contribution is -0.124. The second kappa shape index (κ2) is 7.52. The molecule has 0 aromatic heterocycles. The monoisotopic (exact) mass is 292 g/mol. The normalized spacial score (nSPS) is 11.9. The van der Waals surface area contributed by atoms with Gasteiger partial charge in [-0.2, -0.15) is 0 Å². The van der Waals surface area contributed by atoms with E-state index in [1.807, 2.05) is 52.0 Å². The minimum absolute atomic E-state index is 0.0609. The van der Waals surface area contributed by atoms with Crippen LogP contribution in [0.2, 0.25) is 0 Å². The summed E-state index contributed by atoms with van der Waals surface area (Å²) in [4.78, 5) is 23.3. The Kier molecular flexibility index (Phi) is 6.02. The van der Waals surface area contributed by atoms with E-state index in [9.17, 15) is 9.59 Å². The molecule has 0 bridgehead atoms. The number of anilines is 1. The van der Waals surface area contributed by atoms with Crippen molar-refractivity contribution < 1.29 is 9.59 Å². The Morgan fingerprint density at radius 3 is 2.24 bits per heavy atom. The van der Waals surface area contributed by atoms with E-state index in [4.69, 9.17) is 5.73 Å². The Hall–Kier alpha value is -2.24. The molecule has 1 atom stereocenters. The molecule has 3 amide bonds. The van der Waals surface area contributed by atoms with Crippen LogP contribution in [0, 0.1) is 12.8 Å². The topological polar surface area (TPSA) is 87.5 Å². The number of hydrazine groups is 1. The Bertz CT molecular complexity index is 485. The van der Waals surface area contributed by atoms with Crippen LogP contribution in [0.5, 0.6) is 0 Å². The summed E-state index contributed by atoms with van der Waals surface area (Å²) in [6.45, 7) is 8.25. The van der Waals surface area contributed by atoms with Crippen LogP contribution in [0.15, 0.2) is 24.3 Å². The summed E-state index contributed by atoms with van der Waals surface area (Å²) in [5, 5.41) is 4.21. The zero-order valence-electron chi connectivity index (χ0n) is 13.0. The number of primary amides is 1. The van der Waals surface area contributed by atoms with Crippen molar-refractivity contribution in [3.05, 3.63) is 29.8 Å². The first-order chi connectivity index (χ1) is 9.85. The molecule has 1 aromatic carbocycles. The molecule has 0 aliphatic heterocycles. The molecule has 0 unspecified atom stereocenters. The predicted molar refractivity (Wildman–Crippen MR) is 83.7 cm³/mol. The van der Waals surface area contributed by atoms with Gasteiger partial charge in [-0.1, -0.05) is 31.5 Å². The largest absolute Gasteiger partial charge is 0.352 e. The van der Waals surface area contributed by atoms with Gasteiger partial charge in [-0.25, -0.2) is 4.79 Å². The molecule has 0 fully saturated rings. The number of amides is 3. The molecule has 6 nitrogen and oxygen atoms in total. The molecule has 1 aromatic rings. The van der Waals surface area contributed by atoms with Crippen LogP contribution in [0.3, 0.4) is 0 Å². The van der Waals surface area contributed by atoms with Gasteiger partial charge in [0.2, 0.25) is 0 Å². The highest BCUT2D eigenvalue weighted by atomic mass is 16.2. The second-order valence-electron chi connectivity index (χ2n) is 5.29. The Balaban J connectivity index is 2.81. The maximum absolute atomic E-state index is 12.3. The fraction of sp³-hybridized carbons (Fsp3) is 0.467. The van der Waals surface area contributed by atoms with Crippen LogP contribution < -0.4 is 21.5 Å². The molecule has 4 N–H and O–H groups in total. The average Bonchev–Trinajstić information content (AvgIpc) is 2.42. The summed E-state index contributed by atoms with van der Waals surface area (Å²) < 4.78 is 0. The molecule has 0 radical (unpaired) electrons. The highest BCUT2D eigenvalue weighted by molar-refractivity contribution is 5.87. The Morgan fingerprint density at radius 2 is 1.81 bits per heavy atom. The quantitative estimate of drug-likeness (QED) is 0.695. The number of nitrogens with two attached hydrogens (primary N) is 1. The summed E-state index contributed by atoms with van der Waals surface area (Å²) in [5.41, 5.74) is 9.97. The van der Waals surface area contributed by atoms with E-state index >= 15 is 0 Å². The van der Waals surface area contributed by atoms with Gasteiger partial charge in [-0.3, -0.25) is 15.2 Å². The first kappa shape index (κ1) is 16.8.